The van der Waals surface area contributed by atoms with Crippen molar-refractivity contribution in [3.05, 3.63) is 182 Å². The molecule has 0 spiro atoms. The molecule has 0 radical (unpaired) electrons. The van der Waals surface area contributed by atoms with E-state index in [4.69, 9.17) is 0 Å². The number of hydrogen-bond donors (Lipinski definition) is 0. The highest BCUT2D eigenvalue weighted by Crippen LogP contribution is 2.49. The molecule has 0 N–H and O–H groups in total. The fraction of sp³-hybridized carbons (Fsp3) is 0. The lowest BCUT2D eigenvalue weighted by molar-refractivity contribution is 1.66. The van der Waals surface area contributed by atoms with Crippen LogP contribution >= 0.6 is 22.7 Å². The van der Waals surface area contributed by atoms with Gasteiger partial charge in [0, 0.05) is 51.5 Å². The average molecular weight is 719 g/mol. The molecule has 0 nitrogen and oxygen atoms in total. The van der Waals surface area contributed by atoms with E-state index in [2.05, 4.69) is 182 Å². The minimum Gasteiger partial charge on any atom is -0.135 e. The van der Waals surface area contributed by atoms with Crippen LogP contribution in [-0.4, -0.2) is 0 Å². The summed E-state index contributed by atoms with van der Waals surface area (Å²) < 4.78 is 5.35. The molecule has 0 atom stereocenters. The molecule has 0 unspecified atom stereocenters. The van der Waals surface area contributed by atoms with Crippen LogP contribution in [0.5, 0.6) is 0 Å². The molecule has 2 heterocycles. The van der Waals surface area contributed by atoms with Crippen molar-refractivity contribution in [1.82, 2.24) is 0 Å². The van der Waals surface area contributed by atoms with Gasteiger partial charge in [0.05, 0.1) is 0 Å². The Balaban J connectivity index is 1.19. The maximum Gasteiger partial charge on any atom is 0.0434 e. The monoisotopic (exact) mass is 718 g/mol. The van der Waals surface area contributed by atoms with Gasteiger partial charge in [0.1, 0.15) is 0 Å². The molecule has 2 heteroatoms. The summed E-state index contributed by atoms with van der Waals surface area (Å²) in [5.41, 5.74) is 7.65. The van der Waals surface area contributed by atoms with Crippen molar-refractivity contribution in [2.24, 2.45) is 0 Å². The van der Waals surface area contributed by atoms with Gasteiger partial charge in [-0.1, -0.05) is 164 Å². The molecule has 0 saturated carbocycles. The van der Waals surface area contributed by atoms with Crippen LogP contribution in [0.25, 0.3) is 117 Å². The molecule has 0 amide bonds. The van der Waals surface area contributed by atoms with E-state index in [1.807, 2.05) is 22.7 Å². The Kier molecular flexibility index (Phi) is 6.48. The Bertz CT molecular complexity index is 3280. The minimum atomic E-state index is 1.24. The SMILES string of the molecule is c1ccc(-c2c3cccc(-c4cccc5c4sc4ccc6ccccc6c45)c3cc3c(-c4cccc5c4sc4ccc6ccccc6c45)cccc23)cc1. The lowest BCUT2D eigenvalue weighted by atomic mass is 9.86. The first-order valence-corrected chi connectivity index (χ1v) is 20.1. The Morgan fingerprint density at radius 3 is 1.22 bits per heavy atom. The Hall–Kier alpha value is -6.32. The lowest BCUT2D eigenvalue weighted by Crippen LogP contribution is -1.90. The summed E-state index contributed by atoms with van der Waals surface area (Å²) in [6.45, 7) is 0. The van der Waals surface area contributed by atoms with Gasteiger partial charge >= 0.3 is 0 Å². The molecule has 10 aromatic carbocycles. The van der Waals surface area contributed by atoms with Crippen LogP contribution in [0.4, 0.5) is 0 Å². The van der Waals surface area contributed by atoms with Crippen LogP contribution in [0.3, 0.4) is 0 Å². The van der Waals surface area contributed by atoms with Crippen LogP contribution in [0.15, 0.2) is 182 Å². The number of rotatable bonds is 3. The molecule has 2 aromatic heterocycles. The average Bonchev–Trinajstić information content (AvgIpc) is 3.82. The first kappa shape index (κ1) is 30.2. The third kappa shape index (κ3) is 4.30. The summed E-state index contributed by atoms with van der Waals surface area (Å²) in [5, 5.41) is 15.7. The van der Waals surface area contributed by atoms with Gasteiger partial charge in [-0.2, -0.15) is 0 Å². The quantitative estimate of drug-likeness (QED) is 0.160. The number of thiophene rings is 2. The predicted molar refractivity (Wildman–Crippen MR) is 239 cm³/mol. The van der Waals surface area contributed by atoms with Crippen molar-refractivity contribution < 1.29 is 0 Å². The first-order valence-electron chi connectivity index (χ1n) is 18.5. The topological polar surface area (TPSA) is 0 Å². The highest BCUT2D eigenvalue weighted by molar-refractivity contribution is 7.27. The standard InChI is InChI=1S/C52H30S2/c1-2-14-33(15-3-1)48-38-20-8-18-36(40-22-10-24-42-49-34-16-6-4-12-31(34)26-28-46(49)53-51(40)42)44(38)30-45-37(19-9-21-39(45)48)41-23-11-25-43-50-35-17-7-5-13-32(35)27-29-47(50)54-52(41)43/h1-30H. The molecule has 12 rings (SSSR count). The van der Waals surface area contributed by atoms with Gasteiger partial charge in [-0.25, -0.2) is 0 Å². The maximum absolute atomic E-state index is 2.49. The molecule has 0 aliphatic carbocycles. The Morgan fingerprint density at radius 1 is 0.278 bits per heavy atom. The molecule has 0 aliphatic heterocycles. The fourth-order valence-electron chi connectivity index (χ4n) is 9.11. The smallest absolute Gasteiger partial charge is 0.0434 e. The second-order valence-electron chi connectivity index (χ2n) is 14.3. The number of fused-ring (bicyclic) bond motifs is 12. The molecule has 12 aromatic rings. The molecule has 54 heavy (non-hydrogen) atoms. The summed E-state index contributed by atoms with van der Waals surface area (Å²) >= 11 is 3.83. The van der Waals surface area contributed by atoms with Crippen LogP contribution in [0.2, 0.25) is 0 Å². The minimum absolute atomic E-state index is 1.24. The van der Waals surface area contributed by atoms with E-state index in [9.17, 15) is 0 Å². The molecule has 0 fully saturated rings. The number of hydrogen-bond acceptors (Lipinski definition) is 2. The van der Waals surface area contributed by atoms with Gasteiger partial charge in [-0.05, 0) is 83.5 Å². The van der Waals surface area contributed by atoms with Crippen LogP contribution in [-0.2, 0) is 0 Å². The van der Waals surface area contributed by atoms with Gasteiger partial charge in [0.2, 0.25) is 0 Å². The van der Waals surface area contributed by atoms with Crippen molar-refractivity contribution in [3.8, 4) is 33.4 Å². The van der Waals surface area contributed by atoms with E-state index < -0.39 is 0 Å². The first-order chi connectivity index (χ1) is 26.8. The van der Waals surface area contributed by atoms with Gasteiger partial charge in [-0.15, -0.1) is 22.7 Å². The zero-order chi connectivity index (χ0) is 35.3. The van der Waals surface area contributed by atoms with Crippen molar-refractivity contribution in [3.63, 3.8) is 0 Å². The molecule has 0 saturated heterocycles. The van der Waals surface area contributed by atoms with Crippen molar-refractivity contribution in [2.45, 2.75) is 0 Å². The summed E-state index contributed by atoms with van der Waals surface area (Å²) in [5.74, 6) is 0. The predicted octanol–water partition coefficient (Wildman–Crippen LogP) is 16.0. The van der Waals surface area contributed by atoms with Crippen molar-refractivity contribution in [1.29, 1.82) is 0 Å². The summed E-state index contributed by atoms with van der Waals surface area (Å²) in [6, 6.07) is 67.8. The van der Waals surface area contributed by atoms with Gasteiger partial charge < -0.3 is 0 Å². The third-order valence-corrected chi connectivity index (χ3v) is 13.9. The van der Waals surface area contributed by atoms with E-state index in [0.29, 0.717) is 0 Å². The van der Waals surface area contributed by atoms with E-state index in [1.165, 1.54) is 117 Å². The summed E-state index contributed by atoms with van der Waals surface area (Å²) in [7, 11) is 0. The second kappa shape index (κ2) is 11.6. The highest BCUT2D eigenvalue weighted by atomic mass is 32.1. The van der Waals surface area contributed by atoms with E-state index in [1.54, 1.807) is 0 Å². The Labute approximate surface area is 319 Å². The summed E-state index contributed by atoms with van der Waals surface area (Å²) in [6.07, 6.45) is 0. The molecular formula is C52H30S2. The van der Waals surface area contributed by atoms with Gasteiger partial charge in [0.15, 0.2) is 0 Å². The Morgan fingerprint density at radius 2 is 0.704 bits per heavy atom. The summed E-state index contributed by atoms with van der Waals surface area (Å²) in [4.78, 5) is 0. The van der Waals surface area contributed by atoms with Gasteiger partial charge in [-0.3, -0.25) is 0 Å². The lowest BCUT2D eigenvalue weighted by Gasteiger charge is -2.18. The van der Waals surface area contributed by atoms with Crippen LogP contribution in [0.1, 0.15) is 0 Å². The van der Waals surface area contributed by atoms with Crippen molar-refractivity contribution in [2.75, 3.05) is 0 Å². The normalized spacial score (nSPS) is 12.1. The maximum atomic E-state index is 2.49. The fourth-order valence-corrected chi connectivity index (χ4v) is 11.6. The van der Waals surface area contributed by atoms with Crippen molar-refractivity contribution >= 4 is 106 Å². The highest BCUT2D eigenvalue weighted by Gasteiger charge is 2.20. The molecule has 0 aliphatic rings. The van der Waals surface area contributed by atoms with E-state index in [0.717, 1.165) is 0 Å². The van der Waals surface area contributed by atoms with E-state index >= 15 is 0 Å². The molecule has 0 bridgehead atoms. The van der Waals surface area contributed by atoms with Gasteiger partial charge in [0.25, 0.3) is 0 Å². The molecular weight excluding hydrogens is 689 g/mol. The largest absolute Gasteiger partial charge is 0.135 e. The second-order valence-corrected chi connectivity index (χ2v) is 16.4. The number of benzene rings is 10. The van der Waals surface area contributed by atoms with E-state index in [-0.39, 0.29) is 0 Å². The zero-order valence-electron chi connectivity index (χ0n) is 29.1. The zero-order valence-corrected chi connectivity index (χ0v) is 30.8. The molecule has 250 valence electrons. The van der Waals surface area contributed by atoms with Crippen LogP contribution in [0, 0.1) is 0 Å². The third-order valence-electron chi connectivity index (χ3n) is 11.5. The van der Waals surface area contributed by atoms with Crippen LogP contribution < -0.4 is 0 Å².